The zero-order valence-corrected chi connectivity index (χ0v) is 12.0. The lowest BCUT2D eigenvalue weighted by Gasteiger charge is -2.13. The van der Waals surface area contributed by atoms with Crippen LogP contribution in [0.3, 0.4) is 0 Å². The normalized spacial score (nSPS) is 17.0. The third-order valence-corrected chi connectivity index (χ3v) is 4.06. The Hall–Kier alpha value is -1.87. The molecule has 3 rings (SSSR count). The Morgan fingerprint density at radius 1 is 1.30 bits per heavy atom. The molecule has 0 aliphatic heterocycles. The summed E-state index contributed by atoms with van der Waals surface area (Å²) in [6.07, 6.45) is 4.05. The van der Waals surface area contributed by atoms with Gasteiger partial charge in [-0.05, 0) is 55.6 Å². The summed E-state index contributed by atoms with van der Waals surface area (Å²) in [5, 5.41) is 3.36. The minimum Gasteiger partial charge on any atom is -0.487 e. The molecule has 0 saturated heterocycles. The summed E-state index contributed by atoms with van der Waals surface area (Å²) in [5.41, 5.74) is 4.91. The molecule has 1 aromatic carbocycles. The molecule has 3 heteroatoms. The molecule has 1 heterocycles. The van der Waals surface area contributed by atoms with Crippen molar-refractivity contribution in [2.24, 2.45) is 0 Å². The highest BCUT2D eigenvalue weighted by Crippen LogP contribution is 2.36. The van der Waals surface area contributed by atoms with Gasteiger partial charge >= 0.3 is 0 Å². The van der Waals surface area contributed by atoms with Crippen LogP contribution in [0.1, 0.15) is 34.8 Å². The van der Waals surface area contributed by atoms with Gasteiger partial charge in [0.25, 0.3) is 0 Å². The van der Waals surface area contributed by atoms with Gasteiger partial charge in [0, 0.05) is 12.2 Å². The Morgan fingerprint density at radius 2 is 2.20 bits per heavy atom. The molecule has 0 fully saturated rings. The van der Waals surface area contributed by atoms with Gasteiger partial charge in [-0.3, -0.25) is 4.98 Å². The molecule has 20 heavy (non-hydrogen) atoms. The smallest absolute Gasteiger partial charge is 0.130 e. The highest BCUT2D eigenvalue weighted by molar-refractivity contribution is 5.45. The molecule has 2 aromatic rings. The summed E-state index contributed by atoms with van der Waals surface area (Å²) < 4.78 is 6.02. The van der Waals surface area contributed by atoms with Crippen molar-refractivity contribution in [2.75, 3.05) is 7.05 Å². The predicted molar refractivity (Wildman–Crippen MR) is 79.9 cm³/mol. The van der Waals surface area contributed by atoms with Crippen molar-refractivity contribution in [3.63, 3.8) is 0 Å². The van der Waals surface area contributed by atoms with Crippen LogP contribution in [0.2, 0.25) is 0 Å². The van der Waals surface area contributed by atoms with Crippen LogP contribution in [0.25, 0.3) is 0 Å². The molecule has 3 nitrogen and oxygen atoms in total. The quantitative estimate of drug-likeness (QED) is 0.924. The monoisotopic (exact) mass is 268 g/mol. The van der Waals surface area contributed by atoms with E-state index in [4.69, 9.17) is 4.74 Å². The third-order valence-electron chi connectivity index (χ3n) is 4.06. The van der Waals surface area contributed by atoms with Crippen molar-refractivity contribution in [3.8, 4) is 5.75 Å². The number of aryl methyl sites for hydroxylation is 1. The summed E-state index contributed by atoms with van der Waals surface area (Å²) in [6, 6.07) is 10.8. The average molecular weight is 268 g/mol. The van der Waals surface area contributed by atoms with Gasteiger partial charge in [-0.15, -0.1) is 0 Å². The summed E-state index contributed by atoms with van der Waals surface area (Å²) in [6.45, 7) is 2.60. The minimum atomic E-state index is 0.463. The van der Waals surface area contributed by atoms with Gasteiger partial charge in [0.15, 0.2) is 0 Å². The average Bonchev–Trinajstić information content (AvgIpc) is 2.90. The van der Waals surface area contributed by atoms with Crippen LogP contribution in [-0.4, -0.2) is 12.0 Å². The number of aromatic nitrogens is 1. The molecule has 0 saturated carbocycles. The van der Waals surface area contributed by atoms with Crippen LogP contribution in [-0.2, 0) is 13.0 Å². The van der Waals surface area contributed by atoms with E-state index in [2.05, 4.69) is 41.5 Å². The summed E-state index contributed by atoms with van der Waals surface area (Å²) >= 11 is 0. The molecule has 0 bridgehead atoms. The summed E-state index contributed by atoms with van der Waals surface area (Å²) in [5.74, 6) is 1.00. The molecule has 0 amide bonds. The second-order valence-electron chi connectivity index (χ2n) is 5.26. The number of nitrogens with zero attached hydrogens (tertiary/aromatic N) is 1. The maximum absolute atomic E-state index is 6.02. The molecule has 1 aliphatic carbocycles. The Balaban J connectivity index is 1.79. The Morgan fingerprint density at radius 3 is 3.00 bits per heavy atom. The van der Waals surface area contributed by atoms with Crippen LogP contribution in [0, 0.1) is 6.92 Å². The maximum atomic E-state index is 6.02. The fraction of sp³-hybridized carbons (Fsp3) is 0.353. The molecule has 1 aliphatic rings. The first kappa shape index (κ1) is 13.1. The number of rotatable bonds is 4. The highest BCUT2D eigenvalue weighted by Gasteiger charge is 2.23. The second kappa shape index (κ2) is 5.63. The molecule has 0 radical (unpaired) electrons. The van der Waals surface area contributed by atoms with Gasteiger partial charge in [0.1, 0.15) is 12.4 Å². The number of hydrogen-bond donors (Lipinski definition) is 1. The van der Waals surface area contributed by atoms with E-state index < -0.39 is 0 Å². The van der Waals surface area contributed by atoms with Crippen LogP contribution in [0.15, 0.2) is 36.5 Å². The maximum Gasteiger partial charge on any atom is 0.130 e. The van der Waals surface area contributed by atoms with Gasteiger partial charge in [0.05, 0.1) is 5.69 Å². The van der Waals surface area contributed by atoms with E-state index >= 15 is 0 Å². The van der Waals surface area contributed by atoms with Crippen LogP contribution < -0.4 is 10.1 Å². The van der Waals surface area contributed by atoms with Crippen LogP contribution >= 0.6 is 0 Å². The zero-order chi connectivity index (χ0) is 13.9. The van der Waals surface area contributed by atoms with Gasteiger partial charge in [0.2, 0.25) is 0 Å². The van der Waals surface area contributed by atoms with Crippen molar-refractivity contribution in [3.05, 3.63) is 58.9 Å². The Kier molecular flexibility index (Phi) is 3.70. The second-order valence-corrected chi connectivity index (χ2v) is 5.26. The lowest BCUT2D eigenvalue weighted by atomic mass is 10.1. The van der Waals surface area contributed by atoms with E-state index in [0.29, 0.717) is 12.6 Å². The molecule has 1 unspecified atom stereocenters. The fourth-order valence-electron chi connectivity index (χ4n) is 2.87. The SMILES string of the molecule is CNC1CCc2c(OCc3ncccc3C)cccc21. The Bertz CT molecular complexity index is 610. The number of nitrogens with one attached hydrogen (secondary N) is 1. The number of ether oxygens (including phenoxy) is 1. The molecule has 104 valence electrons. The standard InChI is InChI=1S/C17H20N2O/c1-12-5-4-10-19-16(12)11-20-17-7-3-6-13-14(17)8-9-15(13)18-2/h3-7,10,15,18H,8-9,11H2,1-2H3. The zero-order valence-electron chi connectivity index (χ0n) is 12.0. The van der Waals surface area contributed by atoms with E-state index in [0.717, 1.165) is 24.3 Å². The molecular formula is C17H20N2O. The van der Waals surface area contributed by atoms with Gasteiger partial charge < -0.3 is 10.1 Å². The molecule has 1 aromatic heterocycles. The highest BCUT2D eigenvalue weighted by atomic mass is 16.5. The van der Waals surface area contributed by atoms with E-state index in [-0.39, 0.29) is 0 Å². The first-order chi connectivity index (χ1) is 9.79. The first-order valence-corrected chi connectivity index (χ1v) is 7.12. The first-order valence-electron chi connectivity index (χ1n) is 7.12. The van der Waals surface area contributed by atoms with Crippen molar-refractivity contribution in [1.82, 2.24) is 10.3 Å². The van der Waals surface area contributed by atoms with Crippen molar-refractivity contribution in [2.45, 2.75) is 32.4 Å². The largest absolute Gasteiger partial charge is 0.487 e. The summed E-state index contributed by atoms with van der Waals surface area (Å²) in [7, 11) is 2.02. The van der Waals surface area contributed by atoms with E-state index in [9.17, 15) is 0 Å². The van der Waals surface area contributed by atoms with Gasteiger partial charge in [-0.25, -0.2) is 0 Å². The minimum absolute atomic E-state index is 0.463. The molecule has 1 N–H and O–H groups in total. The lowest BCUT2D eigenvalue weighted by Crippen LogP contribution is -2.12. The predicted octanol–water partition coefficient (Wildman–Crippen LogP) is 3.18. The number of pyridine rings is 1. The Labute approximate surface area is 120 Å². The molecular weight excluding hydrogens is 248 g/mol. The van der Waals surface area contributed by atoms with Crippen LogP contribution in [0.5, 0.6) is 5.75 Å². The van der Waals surface area contributed by atoms with E-state index in [1.54, 1.807) is 0 Å². The number of benzene rings is 1. The molecule has 1 atom stereocenters. The van der Waals surface area contributed by atoms with E-state index in [1.807, 2.05) is 19.3 Å². The topological polar surface area (TPSA) is 34.1 Å². The van der Waals surface area contributed by atoms with Crippen LogP contribution in [0.4, 0.5) is 0 Å². The van der Waals surface area contributed by atoms with Gasteiger partial charge in [-0.1, -0.05) is 18.2 Å². The lowest BCUT2D eigenvalue weighted by molar-refractivity contribution is 0.297. The number of hydrogen-bond acceptors (Lipinski definition) is 3. The summed E-state index contributed by atoms with van der Waals surface area (Å²) in [4.78, 5) is 4.38. The van der Waals surface area contributed by atoms with Gasteiger partial charge in [-0.2, -0.15) is 0 Å². The van der Waals surface area contributed by atoms with E-state index in [1.165, 1.54) is 16.7 Å². The fourth-order valence-corrected chi connectivity index (χ4v) is 2.87. The van der Waals surface area contributed by atoms with Crippen molar-refractivity contribution < 1.29 is 4.74 Å². The third kappa shape index (κ3) is 2.41. The van der Waals surface area contributed by atoms with Crippen molar-refractivity contribution in [1.29, 1.82) is 0 Å². The number of fused-ring (bicyclic) bond motifs is 1. The molecule has 0 spiro atoms. The van der Waals surface area contributed by atoms with Crippen molar-refractivity contribution >= 4 is 0 Å².